The van der Waals surface area contributed by atoms with Gasteiger partial charge in [-0.05, 0) is 39.1 Å². The number of nitrogens with one attached hydrogen (secondary N) is 1. The predicted molar refractivity (Wildman–Crippen MR) is 75.5 cm³/mol. The van der Waals surface area contributed by atoms with E-state index in [1.807, 2.05) is 0 Å². The maximum Gasteiger partial charge on any atom is 0.0469 e. The second-order valence-corrected chi connectivity index (χ2v) is 5.40. The molecule has 1 atom stereocenters. The van der Waals surface area contributed by atoms with Crippen molar-refractivity contribution in [2.24, 2.45) is 0 Å². The van der Waals surface area contributed by atoms with Crippen LogP contribution in [0, 0.1) is 13.8 Å². The van der Waals surface area contributed by atoms with Gasteiger partial charge in [0, 0.05) is 18.6 Å². The lowest BCUT2D eigenvalue weighted by atomic mass is 9.98. The molecule has 0 saturated carbocycles. The van der Waals surface area contributed by atoms with Crippen LogP contribution in [-0.4, -0.2) is 31.6 Å². The van der Waals surface area contributed by atoms with E-state index < -0.39 is 0 Å². The van der Waals surface area contributed by atoms with Crippen LogP contribution in [0.25, 0.3) is 0 Å². The summed E-state index contributed by atoms with van der Waals surface area (Å²) >= 11 is 0. The molecule has 1 unspecified atom stereocenters. The summed E-state index contributed by atoms with van der Waals surface area (Å²) in [5.74, 6) is 0. The Labute approximate surface area is 106 Å². The molecular formula is C15H26N2. The first-order valence-electron chi connectivity index (χ1n) is 6.38. The summed E-state index contributed by atoms with van der Waals surface area (Å²) in [7, 11) is 4.29. The molecule has 0 saturated heterocycles. The number of hydrogen-bond acceptors (Lipinski definition) is 2. The van der Waals surface area contributed by atoms with Crippen molar-refractivity contribution in [2.75, 3.05) is 20.6 Å². The Morgan fingerprint density at radius 2 is 1.82 bits per heavy atom. The van der Waals surface area contributed by atoms with Crippen LogP contribution in [0.4, 0.5) is 0 Å². The van der Waals surface area contributed by atoms with E-state index in [0.29, 0.717) is 12.1 Å². The maximum atomic E-state index is 3.53. The van der Waals surface area contributed by atoms with Crippen LogP contribution in [0.3, 0.4) is 0 Å². The number of rotatable bonds is 5. The van der Waals surface area contributed by atoms with Crippen LogP contribution in [0.1, 0.15) is 36.6 Å². The third kappa shape index (κ3) is 4.14. The summed E-state index contributed by atoms with van der Waals surface area (Å²) in [5, 5.41) is 3.53. The zero-order valence-electron chi connectivity index (χ0n) is 12.0. The SMILES string of the molecule is Cc1ccc(C(CNC(C)C)N(C)C)c(C)c1. The first-order valence-corrected chi connectivity index (χ1v) is 6.38. The van der Waals surface area contributed by atoms with Crippen molar-refractivity contribution in [3.05, 3.63) is 34.9 Å². The normalized spacial score (nSPS) is 13.4. The third-order valence-corrected chi connectivity index (χ3v) is 3.13. The summed E-state index contributed by atoms with van der Waals surface area (Å²) in [6, 6.07) is 7.70. The summed E-state index contributed by atoms with van der Waals surface area (Å²) in [6.45, 7) is 9.72. The van der Waals surface area contributed by atoms with Gasteiger partial charge in [0.15, 0.2) is 0 Å². The molecule has 0 spiro atoms. The van der Waals surface area contributed by atoms with Gasteiger partial charge in [0.05, 0.1) is 0 Å². The van der Waals surface area contributed by atoms with Crippen molar-refractivity contribution >= 4 is 0 Å². The van der Waals surface area contributed by atoms with Gasteiger partial charge in [0.2, 0.25) is 0 Å². The average Bonchev–Trinajstić information content (AvgIpc) is 2.20. The monoisotopic (exact) mass is 234 g/mol. The largest absolute Gasteiger partial charge is 0.313 e. The molecule has 0 aliphatic rings. The Balaban J connectivity index is 2.89. The second kappa shape index (κ2) is 6.18. The highest BCUT2D eigenvalue weighted by atomic mass is 15.1. The van der Waals surface area contributed by atoms with Crippen LogP contribution >= 0.6 is 0 Å². The zero-order valence-corrected chi connectivity index (χ0v) is 12.0. The van der Waals surface area contributed by atoms with E-state index in [1.54, 1.807) is 0 Å². The van der Waals surface area contributed by atoms with E-state index in [2.05, 4.69) is 70.2 Å². The average molecular weight is 234 g/mol. The maximum absolute atomic E-state index is 3.53. The fourth-order valence-electron chi connectivity index (χ4n) is 2.12. The first kappa shape index (κ1) is 14.2. The molecular weight excluding hydrogens is 208 g/mol. The van der Waals surface area contributed by atoms with Crippen molar-refractivity contribution in [3.63, 3.8) is 0 Å². The quantitative estimate of drug-likeness (QED) is 0.842. The highest BCUT2D eigenvalue weighted by Gasteiger charge is 2.16. The third-order valence-electron chi connectivity index (χ3n) is 3.13. The Bertz CT molecular complexity index is 356. The number of aryl methyl sites for hydroxylation is 2. The Hall–Kier alpha value is -0.860. The fraction of sp³-hybridized carbons (Fsp3) is 0.600. The summed E-state index contributed by atoms with van der Waals surface area (Å²) in [4.78, 5) is 2.28. The molecule has 0 aromatic heterocycles. The van der Waals surface area contributed by atoms with Gasteiger partial charge in [-0.25, -0.2) is 0 Å². The molecule has 2 heteroatoms. The molecule has 2 nitrogen and oxygen atoms in total. The Kier molecular flexibility index (Phi) is 5.16. The van der Waals surface area contributed by atoms with Crippen LogP contribution < -0.4 is 5.32 Å². The van der Waals surface area contributed by atoms with Crippen molar-refractivity contribution in [1.82, 2.24) is 10.2 Å². The lowest BCUT2D eigenvalue weighted by molar-refractivity contribution is 0.282. The number of hydrogen-bond donors (Lipinski definition) is 1. The van der Waals surface area contributed by atoms with Crippen molar-refractivity contribution in [2.45, 2.75) is 39.8 Å². The van der Waals surface area contributed by atoms with Gasteiger partial charge in [-0.15, -0.1) is 0 Å². The molecule has 96 valence electrons. The molecule has 0 amide bonds. The molecule has 0 bridgehead atoms. The smallest absolute Gasteiger partial charge is 0.0469 e. The summed E-state index contributed by atoms with van der Waals surface area (Å²) in [6.07, 6.45) is 0. The van der Waals surface area contributed by atoms with Gasteiger partial charge in [-0.2, -0.15) is 0 Å². The molecule has 1 aromatic rings. The molecule has 1 aromatic carbocycles. The van der Waals surface area contributed by atoms with Crippen molar-refractivity contribution in [1.29, 1.82) is 0 Å². The minimum absolute atomic E-state index is 0.443. The van der Waals surface area contributed by atoms with E-state index in [-0.39, 0.29) is 0 Å². The zero-order chi connectivity index (χ0) is 13.0. The van der Waals surface area contributed by atoms with Crippen molar-refractivity contribution in [3.8, 4) is 0 Å². The lowest BCUT2D eigenvalue weighted by Crippen LogP contribution is -2.34. The van der Waals surface area contributed by atoms with E-state index in [4.69, 9.17) is 0 Å². The van der Waals surface area contributed by atoms with Crippen LogP contribution in [0.2, 0.25) is 0 Å². The van der Waals surface area contributed by atoms with Crippen molar-refractivity contribution < 1.29 is 0 Å². The lowest BCUT2D eigenvalue weighted by Gasteiger charge is -2.27. The molecule has 0 aliphatic carbocycles. The van der Waals surface area contributed by atoms with Gasteiger partial charge in [-0.3, -0.25) is 0 Å². The van der Waals surface area contributed by atoms with Crippen LogP contribution in [0.5, 0.6) is 0 Å². The Morgan fingerprint density at radius 3 is 2.29 bits per heavy atom. The van der Waals surface area contributed by atoms with Gasteiger partial charge in [-0.1, -0.05) is 37.6 Å². The first-order chi connectivity index (χ1) is 7.91. The van der Waals surface area contributed by atoms with Crippen LogP contribution in [-0.2, 0) is 0 Å². The molecule has 1 N–H and O–H groups in total. The molecule has 0 radical (unpaired) electrons. The minimum atomic E-state index is 0.443. The summed E-state index contributed by atoms with van der Waals surface area (Å²) in [5.41, 5.74) is 4.14. The van der Waals surface area contributed by atoms with E-state index >= 15 is 0 Å². The van der Waals surface area contributed by atoms with Gasteiger partial charge in [0.1, 0.15) is 0 Å². The highest BCUT2D eigenvalue weighted by molar-refractivity contribution is 5.33. The van der Waals surface area contributed by atoms with E-state index in [0.717, 1.165) is 6.54 Å². The number of benzene rings is 1. The molecule has 1 rings (SSSR count). The van der Waals surface area contributed by atoms with Crippen LogP contribution in [0.15, 0.2) is 18.2 Å². The standard InChI is InChI=1S/C15H26N2/c1-11(2)16-10-15(17(5)6)14-8-7-12(3)9-13(14)4/h7-9,11,15-16H,10H2,1-6H3. The molecule has 17 heavy (non-hydrogen) atoms. The Morgan fingerprint density at radius 1 is 1.18 bits per heavy atom. The summed E-state index contributed by atoms with van der Waals surface area (Å²) < 4.78 is 0. The second-order valence-electron chi connectivity index (χ2n) is 5.40. The fourth-order valence-corrected chi connectivity index (χ4v) is 2.12. The molecule has 0 aliphatic heterocycles. The molecule has 0 heterocycles. The highest BCUT2D eigenvalue weighted by Crippen LogP contribution is 2.22. The predicted octanol–water partition coefficient (Wildman–Crippen LogP) is 2.90. The number of nitrogens with zero attached hydrogens (tertiary/aromatic N) is 1. The van der Waals surface area contributed by atoms with Gasteiger partial charge >= 0.3 is 0 Å². The molecule has 0 fully saturated rings. The topological polar surface area (TPSA) is 15.3 Å². The number of likely N-dealkylation sites (N-methyl/N-ethyl adjacent to an activating group) is 1. The van der Waals surface area contributed by atoms with Gasteiger partial charge in [0.25, 0.3) is 0 Å². The van der Waals surface area contributed by atoms with E-state index in [1.165, 1.54) is 16.7 Å². The van der Waals surface area contributed by atoms with E-state index in [9.17, 15) is 0 Å². The minimum Gasteiger partial charge on any atom is -0.313 e. The van der Waals surface area contributed by atoms with Gasteiger partial charge < -0.3 is 10.2 Å².